The van der Waals surface area contributed by atoms with Crippen LogP contribution in [-0.4, -0.2) is 32.1 Å². The first kappa shape index (κ1) is 11.8. The van der Waals surface area contributed by atoms with E-state index < -0.39 is 9.05 Å². The highest BCUT2D eigenvalue weighted by atomic mass is 35.7. The molecule has 0 saturated carbocycles. The van der Waals surface area contributed by atoms with Crippen molar-refractivity contribution in [3.05, 3.63) is 22.0 Å². The Labute approximate surface area is 102 Å². The average molecular weight is 281 g/mol. The van der Waals surface area contributed by atoms with Crippen LogP contribution in [0.4, 0.5) is 0 Å². The number of guanidine groups is 1. The quantitative estimate of drug-likeness (QED) is 0.417. The summed E-state index contributed by atoms with van der Waals surface area (Å²) in [6.45, 7) is 1.83. The number of allylic oxidation sites excluding steroid dienone is 1. The van der Waals surface area contributed by atoms with Gasteiger partial charge in [0, 0.05) is 22.5 Å². The number of fused-ring (bicyclic) bond motifs is 1. The van der Waals surface area contributed by atoms with Crippen molar-refractivity contribution in [2.75, 3.05) is 7.05 Å². The largest absolute Gasteiger partial charge is 0.340 e. The Morgan fingerprint density at radius 2 is 2.06 bits per heavy atom. The van der Waals surface area contributed by atoms with Crippen molar-refractivity contribution in [2.45, 2.75) is 6.92 Å². The molecular formula is C8H8Cl2N3O2S+. The molecule has 0 fully saturated rings. The van der Waals surface area contributed by atoms with Crippen LogP contribution in [-0.2, 0) is 9.05 Å². The van der Waals surface area contributed by atoms with E-state index in [2.05, 4.69) is 9.98 Å². The predicted octanol–water partition coefficient (Wildman–Crippen LogP) is 1.72. The summed E-state index contributed by atoms with van der Waals surface area (Å²) in [5, 5.41) is -0.308. The molecule has 86 valence electrons. The van der Waals surface area contributed by atoms with E-state index in [9.17, 15) is 8.42 Å². The van der Waals surface area contributed by atoms with Gasteiger partial charge >= 0.3 is 5.96 Å². The zero-order valence-corrected chi connectivity index (χ0v) is 10.8. The lowest BCUT2D eigenvalue weighted by atomic mass is 10.3. The summed E-state index contributed by atoms with van der Waals surface area (Å²) in [6, 6.07) is 0. The molecule has 0 aromatic carbocycles. The molecule has 1 unspecified atom stereocenters. The monoisotopic (exact) mass is 280 g/mol. The van der Waals surface area contributed by atoms with Crippen molar-refractivity contribution in [1.82, 2.24) is 0 Å². The Kier molecular flexibility index (Phi) is 2.50. The smallest absolute Gasteiger partial charge is 0.205 e. The maximum absolute atomic E-state index is 11.2. The Morgan fingerprint density at radius 1 is 1.44 bits per heavy atom. The number of rotatable bonds is 1. The van der Waals surface area contributed by atoms with E-state index in [0.29, 0.717) is 0 Å². The molecule has 0 saturated heterocycles. The number of quaternary nitrogens is 1. The third-order valence-corrected chi connectivity index (χ3v) is 4.10. The SMILES string of the molecule is CC1=C[N+]2(C)C(=NC(S(=O)(=O)Cl)=C2Cl)N=C1. The summed E-state index contributed by atoms with van der Waals surface area (Å²) in [5.41, 5.74) is 0.868. The molecule has 0 aliphatic carbocycles. The predicted molar refractivity (Wildman–Crippen MR) is 63.5 cm³/mol. The van der Waals surface area contributed by atoms with Gasteiger partial charge in [-0.3, -0.25) is 0 Å². The van der Waals surface area contributed by atoms with Crippen LogP contribution in [0.3, 0.4) is 0 Å². The van der Waals surface area contributed by atoms with E-state index >= 15 is 0 Å². The lowest BCUT2D eigenvalue weighted by molar-refractivity contribution is -0.713. The van der Waals surface area contributed by atoms with Crippen LogP contribution in [0.25, 0.3) is 0 Å². The minimum absolute atomic E-state index is 0.0289. The second kappa shape index (κ2) is 3.40. The molecule has 0 bridgehead atoms. The first-order chi connectivity index (χ1) is 7.25. The van der Waals surface area contributed by atoms with Gasteiger partial charge in [0.1, 0.15) is 6.20 Å². The highest BCUT2D eigenvalue weighted by Gasteiger charge is 2.46. The van der Waals surface area contributed by atoms with Gasteiger partial charge in [-0.2, -0.15) is 14.5 Å². The summed E-state index contributed by atoms with van der Waals surface area (Å²) < 4.78 is 22.4. The minimum atomic E-state index is -3.95. The van der Waals surface area contributed by atoms with E-state index in [4.69, 9.17) is 22.3 Å². The maximum atomic E-state index is 11.2. The van der Waals surface area contributed by atoms with Crippen LogP contribution in [0, 0.1) is 0 Å². The molecular weight excluding hydrogens is 273 g/mol. The molecule has 0 aromatic heterocycles. The van der Waals surface area contributed by atoms with Crippen LogP contribution in [0.1, 0.15) is 6.92 Å². The van der Waals surface area contributed by atoms with Crippen molar-refractivity contribution in [3.63, 3.8) is 0 Å². The van der Waals surface area contributed by atoms with E-state index in [1.165, 1.54) is 0 Å². The highest BCUT2D eigenvalue weighted by Crippen LogP contribution is 2.37. The third-order valence-electron chi connectivity index (χ3n) is 2.28. The first-order valence-corrected chi connectivity index (χ1v) is 6.98. The molecule has 16 heavy (non-hydrogen) atoms. The molecule has 1 atom stereocenters. The summed E-state index contributed by atoms with van der Waals surface area (Å²) >= 11 is 6.00. The van der Waals surface area contributed by atoms with E-state index in [0.717, 1.165) is 5.57 Å². The second-order valence-electron chi connectivity index (χ2n) is 3.65. The Bertz CT molecular complexity index is 588. The van der Waals surface area contributed by atoms with Gasteiger partial charge in [0.25, 0.3) is 19.2 Å². The van der Waals surface area contributed by atoms with E-state index in [1.54, 1.807) is 19.5 Å². The number of halogens is 2. The summed E-state index contributed by atoms with van der Waals surface area (Å²) in [4.78, 5) is 7.88. The molecule has 0 aromatic rings. The zero-order chi connectivity index (χ0) is 12.1. The van der Waals surface area contributed by atoms with Crippen LogP contribution >= 0.6 is 22.3 Å². The summed E-state index contributed by atoms with van der Waals surface area (Å²) in [5.74, 6) is 0.287. The fourth-order valence-corrected chi connectivity index (χ4v) is 3.04. The summed E-state index contributed by atoms with van der Waals surface area (Å²) in [7, 11) is 2.98. The molecule has 0 amide bonds. The Hall–Kier alpha value is -0.690. The molecule has 0 spiro atoms. The molecule has 0 radical (unpaired) electrons. The first-order valence-electron chi connectivity index (χ1n) is 4.29. The van der Waals surface area contributed by atoms with Gasteiger partial charge in [0.2, 0.25) is 0 Å². The van der Waals surface area contributed by atoms with Gasteiger partial charge in [-0.15, -0.1) is 0 Å². The lowest BCUT2D eigenvalue weighted by Crippen LogP contribution is -2.40. The standard InChI is InChI=1S/C8H8Cl2N3O2S/c1-5-3-11-8-12-7(16(10,14)15)6(9)13(8,2)4-5/h3-4H,1-2H3/q+1. The van der Waals surface area contributed by atoms with E-state index in [-0.39, 0.29) is 20.6 Å². The van der Waals surface area contributed by atoms with Crippen molar-refractivity contribution in [3.8, 4) is 0 Å². The number of hydrogen-bond acceptors (Lipinski definition) is 4. The van der Waals surface area contributed by atoms with Crippen LogP contribution < -0.4 is 0 Å². The van der Waals surface area contributed by atoms with Gasteiger partial charge in [0.05, 0.1) is 7.05 Å². The molecule has 2 rings (SSSR count). The minimum Gasteiger partial charge on any atom is -0.205 e. The van der Waals surface area contributed by atoms with Crippen molar-refractivity contribution >= 4 is 43.5 Å². The molecule has 2 aliphatic heterocycles. The lowest BCUT2D eigenvalue weighted by Gasteiger charge is -2.24. The molecule has 0 N–H and O–H groups in total. The fraction of sp³-hybridized carbons (Fsp3) is 0.250. The van der Waals surface area contributed by atoms with Gasteiger partial charge in [0.15, 0.2) is 0 Å². The molecule has 2 aliphatic rings. The van der Waals surface area contributed by atoms with Gasteiger partial charge in [-0.1, -0.05) is 0 Å². The van der Waals surface area contributed by atoms with Crippen LogP contribution in [0.5, 0.6) is 0 Å². The van der Waals surface area contributed by atoms with Gasteiger partial charge in [-0.05, 0) is 18.5 Å². The number of aliphatic imine (C=N–C) groups is 2. The van der Waals surface area contributed by atoms with E-state index in [1.807, 2.05) is 6.92 Å². The number of hydrogen-bond donors (Lipinski definition) is 0. The van der Waals surface area contributed by atoms with Crippen molar-refractivity contribution in [1.29, 1.82) is 0 Å². The highest BCUT2D eigenvalue weighted by molar-refractivity contribution is 8.16. The Morgan fingerprint density at radius 3 is 2.62 bits per heavy atom. The number of nitrogens with zero attached hydrogens (tertiary/aromatic N) is 3. The van der Waals surface area contributed by atoms with Gasteiger partial charge < -0.3 is 0 Å². The van der Waals surface area contributed by atoms with Gasteiger partial charge in [-0.25, -0.2) is 8.42 Å². The topological polar surface area (TPSA) is 58.9 Å². The second-order valence-corrected chi connectivity index (χ2v) is 6.49. The normalized spacial score (nSPS) is 29.0. The molecule has 2 heterocycles. The fourth-order valence-electron chi connectivity index (χ4n) is 1.55. The van der Waals surface area contributed by atoms with Crippen molar-refractivity contribution < 1.29 is 12.9 Å². The molecule has 8 heteroatoms. The summed E-state index contributed by atoms with van der Waals surface area (Å²) in [6.07, 6.45) is 3.34. The van der Waals surface area contributed by atoms with Crippen LogP contribution in [0.15, 0.2) is 31.9 Å². The average Bonchev–Trinajstić information content (AvgIpc) is 2.38. The Balaban J connectivity index is 2.68. The third kappa shape index (κ3) is 1.62. The zero-order valence-electron chi connectivity index (χ0n) is 8.48. The maximum Gasteiger partial charge on any atom is 0.340 e. The van der Waals surface area contributed by atoms with Crippen LogP contribution in [0.2, 0.25) is 0 Å². The molecule has 5 nitrogen and oxygen atoms in total. The van der Waals surface area contributed by atoms with Crippen molar-refractivity contribution in [2.24, 2.45) is 9.98 Å².